The van der Waals surface area contributed by atoms with Gasteiger partial charge in [-0.25, -0.2) is 4.79 Å². The van der Waals surface area contributed by atoms with Crippen molar-refractivity contribution in [2.24, 2.45) is 0 Å². The first-order valence-corrected chi connectivity index (χ1v) is 6.88. The summed E-state index contributed by atoms with van der Waals surface area (Å²) in [5.41, 5.74) is -2.13. The van der Waals surface area contributed by atoms with Crippen LogP contribution >= 0.6 is 0 Å². The number of carbonyl (C=O) groups is 1. The summed E-state index contributed by atoms with van der Waals surface area (Å²) >= 11 is 0. The zero-order chi connectivity index (χ0) is 14.1. The summed E-state index contributed by atoms with van der Waals surface area (Å²) in [6.07, 6.45) is 0.387. The van der Waals surface area contributed by atoms with Crippen molar-refractivity contribution in [3.63, 3.8) is 0 Å². The summed E-state index contributed by atoms with van der Waals surface area (Å²) in [5, 5.41) is 10.4. The van der Waals surface area contributed by atoms with E-state index in [1.54, 1.807) is 20.8 Å². The molecule has 6 heteroatoms. The monoisotopic (exact) mass is 272 g/mol. The Bertz CT molecular complexity index is 338. The SMILES string of the molecule is CC1(C)OC(=O)N(CCCN2CCOCC2)[C@@]1(C)O. The van der Waals surface area contributed by atoms with Crippen LogP contribution in [0.1, 0.15) is 27.2 Å². The molecule has 1 N–H and O–H groups in total. The second kappa shape index (κ2) is 5.26. The smallest absolute Gasteiger partial charge is 0.412 e. The van der Waals surface area contributed by atoms with Gasteiger partial charge in [-0.3, -0.25) is 9.80 Å². The van der Waals surface area contributed by atoms with Crippen molar-refractivity contribution in [2.75, 3.05) is 39.4 Å². The number of carbonyl (C=O) groups excluding carboxylic acids is 1. The number of cyclic esters (lactones) is 1. The number of hydrogen-bond acceptors (Lipinski definition) is 5. The average molecular weight is 272 g/mol. The van der Waals surface area contributed by atoms with Crippen LogP contribution < -0.4 is 0 Å². The Balaban J connectivity index is 1.83. The van der Waals surface area contributed by atoms with Crippen molar-refractivity contribution >= 4 is 6.09 Å². The zero-order valence-corrected chi connectivity index (χ0v) is 12.0. The minimum absolute atomic E-state index is 0.433. The molecule has 0 saturated carbocycles. The van der Waals surface area contributed by atoms with E-state index in [9.17, 15) is 9.90 Å². The molecule has 0 aromatic rings. The second-order valence-electron chi connectivity index (χ2n) is 5.86. The second-order valence-corrected chi connectivity index (χ2v) is 5.86. The third-order valence-corrected chi connectivity index (χ3v) is 4.19. The topological polar surface area (TPSA) is 62.2 Å². The molecular formula is C13H24N2O4. The minimum atomic E-state index is -1.25. The molecule has 2 rings (SSSR count). The fourth-order valence-electron chi connectivity index (χ4n) is 2.46. The van der Waals surface area contributed by atoms with Crippen LogP contribution in [0.4, 0.5) is 4.79 Å². The molecule has 0 unspecified atom stereocenters. The van der Waals surface area contributed by atoms with Crippen molar-refractivity contribution < 1.29 is 19.4 Å². The number of ether oxygens (including phenoxy) is 2. The van der Waals surface area contributed by atoms with E-state index in [1.165, 1.54) is 4.90 Å². The number of nitrogens with zero attached hydrogens (tertiary/aromatic N) is 2. The number of morpholine rings is 1. The molecule has 2 aliphatic rings. The highest BCUT2D eigenvalue weighted by Crippen LogP contribution is 2.36. The van der Waals surface area contributed by atoms with Gasteiger partial charge in [0.15, 0.2) is 11.3 Å². The molecule has 19 heavy (non-hydrogen) atoms. The molecule has 0 bridgehead atoms. The van der Waals surface area contributed by atoms with Crippen LogP contribution in [0.25, 0.3) is 0 Å². The van der Waals surface area contributed by atoms with E-state index < -0.39 is 17.4 Å². The standard InChI is InChI=1S/C13H24N2O4/c1-12(2)13(3,17)15(11(16)19-12)6-4-5-14-7-9-18-10-8-14/h17H,4-10H2,1-3H3/t13-/m0/s1. The highest BCUT2D eigenvalue weighted by Gasteiger charge is 2.56. The molecular weight excluding hydrogens is 248 g/mol. The van der Waals surface area contributed by atoms with Gasteiger partial charge >= 0.3 is 6.09 Å². The molecule has 0 aromatic heterocycles. The maximum atomic E-state index is 11.8. The van der Waals surface area contributed by atoms with E-state index in [0.717, 1.165) is 39.3 Å². The lowest BCUT2D eigenvalue weighted by atomic mass is 9.96. The quantitative estimate of drug-likeness (QED) is 0.814. The van der Waals surface area contributed by atoms with E-state index in [-0.39, 0.29) is 0 Å². The first kappa shape index (κ1) is 14.6. The predicted octanol–water partition coefficient (Wildman–Crippen LogP) is 0.648. The molecule has 0 radical (unpaired) electrons. The summed E-state index contributed by atoms with van der Waals surface area (Å²) in [7, 11) is 0. The first-order valence-electron chi connectivity index (χ1n) is 6.88. The van der Waals surface area contributed by atoms with Gasteiger partial charge in [-0.05, 0) is 27.2 Å². The molecule has 2 fully saturated rings. The van der Waals surface area contributed by atoms with Gasteiger partial charge < -0.3 is 14.6 Å². The Morgan fingerprint density at radius 3 is 2.37 bits per heavy atom. The van der Waals surface area contributed by atoms with Gasteiger partial charge in [0.1, 0.15) is 0 Å². The lowest BCUT2D eigenvalue weighted by molar-refractivity contribution is -0.127. The molecule has 110 valence electrons. The first-order chi connectivity index (χ1) is 8.84. The number of aliphatic hydroxyl groups is 1. The third kappa shape index (κ3) is 2.85. The zero-order valence-electron chi connectivity index (χ0n) is 12.0. The highest BCUT2D eigenvalue weighted by atomic mass is 16.6. The maximum Gasteiger partial charge on any atom is 0.412 e. The van der Waals surface area contributed by atoms with Gasteiger partial charge in [0.2, 0.25) is 0 Å². The Hall–Kier alpha value is -0.850. The summed E-state index contributed by atoms with van der Waals surface area (Å²) in [5.74, 6) is 0. The van der Waals surface area contributed by atoms with Crippen molar-refractivity contribution in [2.45, 2.75) is 38.5 Å². The van der Waals surface area contributed by atoms with Crippen molar-refractivity contribution in [1.82, 2.24) is 9.80 Å². The van der Waals surface area contributed by atoms with Crippen molar-refractivity contribution in [1.29, 1.82) is 0 Å². The summed E-state index contributed by atoms with van der Waals surface area (Å²) in [6.45, 7) is 9.92. The van der Waals surface area contributed by atoms with Gasteiger partial charge in [-0.1, -0.05) is 0 Å². The number of amides is 1. The summed E-state index contributed by atoms with van der Waals surface area (Å²) in [6, 6.07) is 0. The molecule has 2 aliphatic heterocycles. The average Bonchev–Trinajstić information content (AvgIpc) is 2.48. The van der Waals surface area contributed by atoms with Crippen LogP contribution in [0.15, 0.2) is 0 Å². The van der Waals surface area contributed by atoms with E-state index in [2.05, 4.69) is 4.90 Å². The molecule has 6 nitrogen and oxygen atoms in total. The number of rotatable bonds is 4. The fourth-order valence-corrected chi connectivity index (χ4v) is 2.46. The normalized spacial score (nSPS) is 31.6. The molecule has 0 aromatic carbocycles. The number of hydrogen-bond donors (Lipinski definition) is 1. The fraction of sp³-hybridized carbons (Fsp3) is 0.923. The third-order valence-electron chi connectivity index (χ3n) is 4.19. The predicted molar refractivity (Wildman–Crippen MR) is 69.8 cm³/mol. The Morgan fingerprint density at radius 1 is 1.21 bits per heavy atom. The molecule has 1 amide bonds. The van der Waals surface area contributed by atoms with E-state index in [0.29, 0.717) is 6.54 Å². The van der Waals surface area contributed by atoms with Gasteiger partial charge in [0.25, 0.3) is 0 Å². The maximum absolute atomic E-state index is 11.8. The van der Waals surface area contributed by atoms with Gasteiger partial charge in [-0.2, -0.15) is 0 Å². The van der Waals surface area contributed by atoms with E-state index in [4.69, 9.17) is 9.47 Å². The van der Waals surface area contributed by atoms with Gasteiger partial charge in [0.05, 0.1) is 13.2 Å². The van der Waals surface area contributed by atoms with Gasteiger partial charge in [-0.15, -0.1) is 0 Å². The molecule has 0 aliphatic carbocycles. The van der Waals surface area contributed by atoms with Crippen LogP contribution in [0.5, 0.6) is 0 Å². The highest BCUT2D eigenvalue weighted by molar-refractivity contribution is 5.72. The summed E-state index contributed by atoms with van der Waals surface area (Å²) in [4.78, 5) is 15.5. The Kier molecular flexibility index (Phi) is 4.03. The molecule has 1 atom stereocenters. The van der Waals surface area contributed by atoms with E-state index in [1.807, 2.05) is 0 Å². The molecule has 2 heterocycles. The van der Waals surface area contributed by atoms with Crippen LogP contribution in [0.2, 0.25) is 0 Å². The lowest BCUT2D eigenvalue weighted by Crippen LogP contribution is -2.54. The van der Waals surface area contributed by atoms with Crippen molar-refractivity contribution in [3.8, 4) is 0 Å². The van der Waals surface area contributed by atoms with Crippen LogP contribution in [-0.2, 0) is 9.47 Å². The van der Waals surface area contributed by atoms with Crippen LogP contribution in [-0.4, -0.2) is 71.7 Å². The van der Waals surface area contributed by atoms with E-state index >= 15 is 0 Å². The summed E-state index contributed by atoms with van der Waals surface area (Å²) < 4.78 is 10.5. The largest absolute Gasteiger partial charge is 0.438 e. The van der Waals surface area contributed by atoms with Gasteiger partial charge in [0, 0.05) is 26.2 Å². The van der Waals surface area contributed by atoms with Crippen LogP contribution in [0, 0.1) is 0 Å². The molecule has 2 saturated heterocycles. The van der Waals surface area contributed by atoms with Crippen molar-refractivity contribution in [3.05, 3.63) is 0 Å². The lowest BCUT2D eigenvalue weighted by Gasteiger charge is -2.35. The Labute approximate surface area is 114 Å². The molecule has 0 spiro atoms. The Morgan fingerprint density at radius 2 is 1.84 bits per heavy atom. The minimum Gasteiger partial charge on any atom is -0.438 e. The van der Waals surface area contributed by atoms with Crippen LogP contribution in [0.3, 0.4) is 0 Å².